The van der Waals surface area contributed by atoms with Crippen molar-refractivity contribution in [1.29, 1.82) is 0 Å². The Bertz CT molecular complexity index is 564. The summed E-state index contributed by atoms with van der Waals surface area (Å²) in [6.45, 7) is 2.09. The van der Waals surface area contributed by atoms with Gasteiger partial charge in [0.05, 0.1) is 4.83 Å². The number of benzene rings is 2. The highest BCUT2D eigenvalue weighted by Gasteiger charge is 2.15. The van der Waals surface area contributed by atoms with E-state index in [4.69, 9.17) is 0 Å². The highest BCUT2D eigenvalue weighted by molar-refractivity contribution is 14.1. The summed E-state index contributed by atoms with van der Waals surface area (Å²) in [5.74, 6) is 0. The highest BCUT2D eigenvalue weighted by atomic mass is 127. The Morgan fingerprint density at radius 1 is 1.00 bits per heavy atom. The van der Waals surface area contributed by atoms with E-state index < -0.39 is 0 Å². The van der Waals surface area contributed by atoms with Crippen LogP contribution in [0.4, 0.5) is 0 Å². The molecule has 0 bridgehead atoms. The summed E-state index contributed by atoms with van der Waals surface area (Å²) in [5.41, 5.74) is 3.72. The molecule has 0 aliphatic carbocycles. The molecule has 18 heavy (non-hydrogen) atoms. The number of halogens is 4. The van der Waals surface area contributed by atoms with Crippen LogP contribution in [0.1, 0.15) is 21.5 Å². The van der Waals surface area contributed by atoms with E-state index in [1.165, 1.54) is 20.3 Å². The average Bonchev–Trinajstić information content (AvgIpc) is 2.34. The summed E-state index contributed by atoms with van der Waals surface area (Å²) in [7, 11) is 0. The lowest BCUT2D eigenvalue weighted by Gasteiger charge is -2.14. The molecule has 0 saturated heterocycles. The zero-order chi connectivity index (χ0) is 13.3. The largest absolute Gasteiger partial charge is 0.0786 e. The fourth-order valence-corrected chi connectivity index (χ4v) is 4.07. The molecule has 4 heteroatoms. The molecule has 0 aliphatic heterocycles. The molecule has 0 fully saturated rings. The van der Waals surface area contributed by atoms with Crippen molar-refractivity contribution < 1.29 is 0 Å². The Morgan fingerprint density at radius 3 is 2.22 bits per heavy atom. The zero-order valence-electron chi connectivity index (χ0n) is 9.55. The average molecular weight is 545 g/mol. The second kappa shape index (κ2) is 6.37. The van der Waals surface area contributed by atoms with Gasteiger partial charge in [-0.15, -0.1) is 0 Å². The lowest BCUT2D eigenvalue weighted by Crippen LogP contribution is -1.95. The Labute approximate surface area is 146 Å². The van der Waals surface area contributed by atoms with Crippen molar-refractivity contribution in [2.24, 2.45) is 0 Å². The summed E-state index contributed by atoms with van der Waals surface area (Å²) in [4.78, 5) is 0.195. The van der Waals surface area contributed by atoms with Crippen LogP contribution in [0.3, 0.4) is 0 Å². The molecule has 0 heterocycles. The molecular formula is C14H10Br3I. The maximum atomic E-state index is 3.77. The van der Waals surface area contributed by atoms with E-state index in [1.54, 1.807) is 0 Å². The number of rotatable bonds is 2. The summed E-state index contributed by atoms with van der Waals surface area (Å²) in [6.07, 6.45) is 0. The first-order valence-corrected chi connectivity index (χ1v) is 8.92. The Balaban J connectivity index is 2.42. The van der Waals surface area contributed by atoms with Gasteiger partial charge in [0.1, 0.15) is 0 Å². The van der Waals surface area contributed by atoms with Gasteiger partial charge in [0.25, 0.3) is 0 Å². The van der Waals surface area contributed by atoms with Gasteiger partial charge in [0.2, 0.25) is 0 Å². The number of alkyl halides is 1. The van der Waals surface area contributed by atoms with Crippen LogP contribution in [0.25, 0.3) is 0 Å². The van der Waals surface area contributed by atoms with Crippen molar-refractivity contribution in [3.63, 3.8) is 0 Å². The normalized spacial score (nSPS) is 12.5. The smallest absolute Gasteiger partial charge is 0.0656 e. The maximum absolute atomic E-state index is 3.77. The molecule has 0 nitrogen and oxygen atoms in total. The van der Waals surface area contributed by atoms with Crippen LogP contribution >= 0.6 is 70.4 Å². The van der Waals surface area contributed by atoms with E-state index in [0.717, 1.165) is 8.95 Å². The minimum Gasteiger partial charge on any atom is -0.0786 e. The predicted molar refractivity (Wildman–Crippen MR) is 96.5 cm³/mol. The fourth-order valence-electron chi connectivity index (χ4n) is 1.67. The lowest BCUT2D eigenvalue weighted by molar-refractivity contribution is 1.15. The van der Waals surface area contributed by atoms with Crippen molar-refractivity contribution in [2.75, 3.05) is 0 Å². The third-order valence-corrected chi connectivity index (χ3v) is 6.00. The van der Waals surface area contributed by atoms with E-state index >= 15 is 0 Å². The maximum Gasteiger partial charge on any atom is 0.0656 e. The molecule has 0 aromatic heterocycles. The van der Waals surface area contributed by atoms with Gasteiger partial charge in [0.15, 0.2) is 0 Å². The van der Waals surface area contributed by atoms with Gasteiger partial charge in [-0.3, -0.25) is 0 Å². The van der Waals surface area contributed by atoms with Crippen LogP contribution in [0.2, 0.25) is 0 Å². The number of hydrogen-bond donors (Lipinski definition) is 0. The van der Waals surface area contributed by atoms with Crippen LogP contribution in [0.15, 0.2) is 45.3 Å². The fraction of sp³-hybridized carbons (Fsp3) is 0.143. The van der Waals surface area contributed by atoms with E-state index in [9.17, 15) is 0 Å². The zero-order valence-corrected chi connectivity index (χ0v) is 16.5. The molecule has 0 spiro atoms. The molecular weight excluding hydrogens is 535 g/mol. The van der Waals surface area contributed by atoms with Crippen molar-refractivity contribution in [2.45, 2.75) is 11.8 Å². The summed E-state index contributed by atoms with van der Waals surface area (Å²) < 4.78 is 3.51. The second-order valence-electron chi connectivity index (χ2n) is 4.04. The van der Waals surface area contributed by atoms with Gasteiger partial charge in [-0.1, -0.05) is 59.9 Å². The Hall–Kier alpha value is 0.610. The van der Waals surface area contributed by atoms with E-state index in [2.05, 4.69) is 114 Å². The van der Waals surface area contributed by atoms with E-state index in [1.807, 2.05) is 0 Å². The molecule has 0 aliphatic rings. The third-order valence-electron chi connectivity index (χ3n) is 2.71. The van der Waals surface area contributed by atoms with Crippen LogP contribution in [-0.4, -0.2) is 0 Å². The summed E-state index contributed by atoms with van der Waals surface area (Å²) >= 11 is 13.3. The van der Waals surface area contributed by atoms with Crippen molar-refractivity contribution in [3.05, 3.63) is 65.6 Å². The number of hydrogen-bond acceptors (Lipinski definition) is 0. The van der Waals surface area contributed by atoms with Gasteiger partial charge in [-0.2, -0.15) is 0 Å². The first-order chi connectivity index (χ1) is 8.49. The molecule has 0 saturated carbocycles. The Morgan fingerprint density at radius 2 is 1.61 bits per heavy atom. The first-order valence-electron chi connectivity index (χ1n) is 5.34. The van der Waals surface area contributed by atoms with E-state index in [0.29, 0.717) is 0 Å². The topological polar surface area (TPSA) is 0 Å². The summed E-state index contributed by atoms with van der Waals surface area (Å²) in [6, 6.07) is 12.9. The molecule has 2 aromatic carbocycles. The first kappa shape index (κ1) is 15.0. The standard InChI is InChI=1S/C14H10Br3I/c1-8-6-13(16)11(7-12(8)15)14(17)9-2-4-10(18)5-3-9/h2-7,14H,1H3. The quantitative estimate of drug-likeness (QED) is 0.295. The van der Waals surface area contributed by atoms with Crippen molar-refractivity contribution in [3.8, 4) is 0 Å². The molecule has 2 rings (SSSR count). The molecule has 0 amide bonds. The minimum atomic E-state index is 0.195. The van der Waals surface area contributed by atoms with Crippen LogP contribution in [-0.2, 0) is 0 Å². The van der Waals surface area contributed by atoms with Gasteiger partial charge < -0.3 is 0 Å². The van der Waals surface area contributed by atoms with E-state index in [-0.39, 0.29) is 4.83 Å². The molecule has 0 radical (unpaired) electrons. The van der Waals surface area contributed by atoms with Crippen molar-refractivity contribution in [1.82, 2.24) is 0 Å². The van der Waals surface area contributed by atoms with Gasteiger partial charge in [-0.25, -0.2) is 0 Å². The lowest BCUT2D eigenvalue weighted by atomic mass is 10.0. The third kappa shape index (κ3) is 3.38. The van der Waals surface area contributed by atoms with Gasteiger partial charge >= 0.3 is 0 Å². The molecule has 1 unspecified atom stereocenters. The molecule has 0 N–H and O–H groups in total. The van der Waals surface area contributed by atoms with Crippen LogP contribution in [0.5, 0.6) is 0 Å². The highest BCUT2D eigenvalue weighted by Crippen LogP contribution is 2.38. The van der Waals surface area contributed by atoms with Gasteiger partial charge in [0, 0.05) is 12.5 Å². The van der Waals surface area contributed by atoms with Crippen LogP contribution in [0, 0.1) is 10.5 Å². The molecule has 1 atom stereocenters. The molecule has 94 valence electrons. The van der Waals surface area contributed by atoms with Crippen molar-refractivity contribution >= 4 is 70.4 Å². The van der Waals surface area contributed by atoms with Crippen LogP contribution < -0.4 is 0 Å². The monoisotopic (exact) mass is 542 g/mol. The van der Waals surface area contributed by atoms with Gasteiger partial charge in [-0.05, 0) is 70.5 Å². The number of aryl methyl sites for hydroxylation is 1. The summed E-state index contributed by atoms with van der Waals surface area (Å²) in [5, 5.41) is 0. The predicted octanol–water partition coefficient (Wildman–Crippen LogP) is 6.61. The minimum absolute atomic E-state index is 0.195. The second-order valence-corrected chi connectivity index (χ2v) is 7.91. The SMILES string of the molecule is Cc1cc(Br)c(C(Br)c2ccc(I)cc2)cc1Br. The Kier molecular flexibility index (Phi) is 5.31. The molecule has 2 aromatic rings.